The number of aromatic nitrogens is 2. The molecular weight excluding hydrogens is 372 g/mol. The first-order valence-electron chi connectivity index (χ1n) is 8.95. The minimum atomic E-state index is -3.26. The number of nitrogens with zero attached hydrogens (tertiary/aromatic N) is 4. The van der Waals surface area contributed by atoms with E-state index in [2.05, 4.69) is 33.4 Å². The molecule has 0 aromatic carbocycles. The van der Waals surface area contributed by atoms with Crippen LogP contribution in [-0.4, -0.2) is 59.7 Å². The van der Waals surface area contributed by atoms with E-state index < -0.39 is 10.0 Å². The molecule has 0 N–H and O–H groups in total. The van der Waals surface area contributed by atoms with E-state index >= 15 is 0 Å². The van der Waals surface area contributed by atoms with Gasteiger partial charge in [0.1, 0.15) is 0 Å². The second-order valence-corrected chi connectivity index (χ2v) is 10.3. The third kappa shape index (κ3) is 4.00. The second kappa shape index (κ2) is 7.03. The normalized spacial score (nSPS) is 19.2. The molecule has 0 amide bonds. The van der Waals surface area contributed by atoms with Crippen LogP contribution in [0.25, 0.3) is 0 Å². The molecule has 26 heavy (non-hydrogen) atoms. The predicted molar refractivity (Wildman–Crippen MR) is 99.6 cm³/mol. The fraction of sp³-hybridized carbons (Fsp3) is 0.647. The summed E-state index contributed by atoms with van der Waals surface area (Å²) in [6.07, 6.45) is 3.99. The van der Waals surface area contributed by atoms with Crippen molar-refractivity contribution < 1.29 is 12.9 Å². The Morgan fingerprint density at radius 3 is 2.77 bits per heavy atom. The third-order valence-electron chi connectivity index (χ3n) is 5.07. The molecule has 3 heterocycles. The summed E-state index contributed by atoms with van der Waals surface area (Å²) < 4.78 is 31.3. The van der Waals surface area contributed by atoms with Gasteiger partial charge in [-0.25, -0.2) is 8.42 Å². The van der Waals surface area contributed by atoms with Crippen LogP contribution in [0, 0.1) is 6.92 Å². The maximum atomic E-state index is 12.2. The predicted octanol–water partition coefficient (Wildman–Crippen LogP) is 2.01. The van der Waals surface area contributed by atoms with Gasteiger partial charge in [0.2, 0.25) is 15.9 Å². The van der Waals surface area contributed by atoms with Crippen molar-refractivity contribution in [3.05, 3.63) is 33.6 Å². The summed E-state index contributed by atoms with van der Waals surface area (Å²) in [7, 11) is -3.26. The molecule has 142 valence electrons. The number of hydrogen-bond acceptors (Lipinski definition) is 7. The average Bonchev–Trinajstić information content (AvgIpc) is 3.14. The van der Waals surface area contributed by atoms with Crippen molar-refractivity contribution in [3.8, 4) is 0 Å². The summed E-state index contributed by atoms with van der Waals surface area (Å²) in [5.41, 5.74) is 1.31. The van der Waals surface area contributed by atoms with E-state index in [4.69, 9.17) is 4.52 Å². The largest absolute Gasteiger partial charge is 0.339 e. The minimum Gasteiger partial charge on any atom is -0.339 e. The highest BCUT2D eigenvalue weighted by Crippen LogP contribution is 2.38. The van der Waals surface area contributed by atoms with Crippen molar-refractivity contribution in [3.63, 3.8) is 0 Å². The lowest BCUT2D eigenvalue weighted by Crippen LogP contribution is -2.60. The van der Waals surface area contributed by atoms with Gasteiger partial charge in [0, 0.05) is 43.4 Å². The molecule has 1 aliphatic carbocycles. The summed E-state index contributed by atoms with van der Waals surface area (Å²) in [5, 5.41) is 6.10. The Bertz CT molecular complexity index is 866. The Kier molecular flexibility index (Phi) is 4.89. The van der Waals surface area contributed by atoms with E-state index in [9.17, 15) is 8.42 Å². The van der Waals surface area contributed by atoms with E-state index in [1.54, 1.807) is 15.6 Å². The number of sulfonamides is 1. The average molecular weight is 397 g/mol. The van der Waals surface area contributed by atoms with Gasteiger partial charge in [-0.1, -0.05) is 5.16 Å². The van der Waals surface area contributed by atoms with Gasteiger partial charge < -0.3 is 4.52 Å². The smallest absolute Gasteiger partial charge is 0.229 e. The standard InChI is InChI=1S/C17H24N4O3S2/c1-12-6-8-25-15(12)11-20-9-14(10-20)21(26(2,22)23)7-5-16-18-17(24-19-16)13-3-4-13/h6,8,13-14H,3-5,7,9-11H2,1-2H3. The van der Waals surface area contributed by atoms with Gasteiger partial charge in [-0.15, -0.1) is 11.3 Å². The van der Waals surface area contributed by atoms with E-state index in [0.29, 0.717) is 30.6 Å². The van der Waals surface area contributed by atoms with Crippen molar-refractivity contribution in [1.82, 2.24) is 19.3 Å². The molecule has 1 saturated heterocycles. The first-order chi connectivity index (χ1) is 12.4. The zero-order valence-corrected chi connectivity index (χ0v) is 16.7. The monoisotopic (exact) mass is 396 g/mol. The highest BCUT2D eigenvalue weighted by atomic mass is 32.2. The quantitative estimate of drug-likeness (QED) is 0.679. The second-order valence-electron chi connectivity index (χ2n) is 7.32. The summed E-state index contributed by atoms with van der Waals surface area (Å²) in [4.78, 5) is 8.04. The van der Waals surface area contributed by atoms with Crippen molar-refractivity contribution in [2.24, 2.45) is 0 Å². The van der Waals surface area contributed by atoms with Crippen molar-refractivity contribution in [2.75, 3.05) is 25.9 Å². The number of hydrogen-bond donors (Lipinski definition) is 0. The topological polar surface area (TPSA) is 79.5 Å². The van der Waals surface area contributed by atoms with Crippen molar-refractivity contribution >= 4 is 21.4 Å². The molecule has 1 saturated carbocycles. The van der Waals surface area contributed by atoms with Crippen LogP contribution in [0.1, 0.15) is 40.9 Å². The van der Waals surface area contributed by atoms with Crippen LogP contribution >= 0.6 is 11.3 Å². The zero-order valence-electron chi connectivity index (χ0n) is 15.1. The van der Waals surface area contributed by atoms with Gasteiger partial charge in [-0.3, -0.25) is 4.90 Å². The highest BCUT2D eigenvalue weighted by molar-refractivity contribution is 7.88. The lowest BCUT2D eigenvalue weighted by Gasteiger charge is -2.44. The van der Waals surface area contributed by atoms with E-state index in [1.807, 2.05) is 0 Å². The Morgan fingerprint density at radius 1 is 1.38 bits per heavy atom. The third-order valence-corrected chi connectivity index (χ3v) is 7.41. The van der Waals surface area contributed by atoms with Crippen molar-refractivity contribution in [1.29, 1.82) is 0 Å². The molecule has 9 heteroatoms. The van der Waals surface area contributed by atoms with Crippen LogP contribution < -0.4 is 0 Å². The molecule has 1 aliphatic heterocycles. The SMILES string of the molecule is Cc1ccsc1CN1CC(N(CCc2noc(C3CC3)n2)S(C)(=O)=O)C1. The Balaban J connectivity index is 1.33. The fourth-order valence-electron chi connectivity index (χ4n) is 3.32. The molecule has 2 aliphatic rings. The Morgan fingerprint density at radius 2 is 2.15 bits per heavy atom. The highest BCUT2D eigenvalue weighted by Gasteiger charge is 2.37. The lowest BCUT2D eigenvalue weighted by molar-refractivity contribution is 0.0738. The van der Waals surface area contributed by atoms with Gasteiger partial charge in [0.15, 0.2) is 5.82 Å². The molecule has 0 bridgehead atoms. The Hall–Kier alpha value is -1.29. The number of rotatable bonds is 8. The van der Waals surface area contributed by atoms with Crippen LogP contribution in [0.5, 0.6) is 0 Å². The number of aryl methyl sites for hydroxylation is 1. The molecule has 0 unspecified atom stereocenters. The van der Waals surface area contributed by atoms with Gasteiger partial charge >= 0.3 is 0 Å². The van der Waals surface area contributed by atoms with Crippen LogP contribution in [-0.2, 0) is 23.0 Å². The number of thiophene rings is 1. The summed E-state index contributed by atoms with van der Waals surface area (Å²) in [6.45, 7) is 4.95. The lowest BCUT2D eigenvalue weighted by atomic mass is 10.1. The van der Waals surface area contributed by atoms with Gasteiger partial charge in [0.05, 0.1) is 12.3 Å². The summed E-state index contributed by atoms with van der Waals surface area (Å²) in [5.74, 6) is 1.72. The minimum absolute atomic E-state index is 0.0278. The first kappa shape index (κ1) is 18.1. The van der Waals surface area contributed by atoms with Gasteiger partial charge in [-0.05, 0) is 36.8 Å². The maximum Gasteiger partial charge on any atom is 0.229 e. The molecular formula is C17H24N4O3S2. The van der Waals surface area contributed by atoms with Crippen LogP contribution in [0.3, 0.4) is 0 Å². The van der Waals surface area contributed by atoms with E-state index in [-0.39, 0.29) is 6.04 Å². The first-order valence-corrected chi connectivity index (χ1v) is 11.7. The Labute approximate surface area is 158 Å². The molecule has 2 fully saturated rings. The molecule has 2 aromatic rings. The molecule has 7 nitrogen and oxygen atoms in total. The summed E-state index contributed by atoms with van der Waals surface area (Å²) in [6, 6.07) is 2.15. The van der Waals surface area contributed by atoms with Crippen LogP contribution in [0.15, 0.2) is 16.0 Å². The molecule has 2 aromatic heterocycles. The number of likely N-dealkylation sites (tertiary alicyclic amines) is 1. The molecule has 0 spiro atoms. The maximum absolute atomic E-state index is 12.2. The molecule has 0 radical (unpaired) electrons. The molecule has 0 atom stereocenters. The van der Waals surface area contributed by atoms with E-state index in [1.165, 1.54) is 16.7 Å². The van der Waals surface area contributed by atoms with Gasteiger partial charge in [-0.2, -0.15) is 9.29 Å². The van der Waals surface area contributed by atoms with Crippen LogP contribution in [0.2, 0.25) is 0 Å². The zero-order chi connectivity index (χ0) is 18.3. The molecule has 4 rings (SSSR count). The van der Waals surface area contributed by atoms with E-state index in [0.717, 1.165) is 32.5 Å². The van der Waals surface area contributed by atoms with Crippen molar-refractivity contribution in [2.45, 2.75) is 44.7 Å². The van der Waals surface area contributed by atoms with Crippen LogP contribution in [0.4, 0.5) is 0 Å². The van der Waals surface area contributed by atoms with Gasteiger partial charge in [0.25, 0.3) is 0 Å². The fourth-order valence-corrected chi connectivity index (χ4v) is 5.36. The summed E-state index contributed by atoms with van der Waals surface area (Å²) >= 11 is 1.76.